The Balaban J connectivity index is 2.32. The van der Waals surface area contributed by atoms with Crippen molar-refractivity contribution < 1.29 is 4.74 Å². The van der Waals surface area contributed by atoms with E-state index in [4.69, 9.17) is 11.2 Å². The summed E-state index contributed by atoms with van der Waals surface area (Å²) >= 11 is 3.74. The van der Waals surface area contributed by atoms with E-state index in [9.17, 15) is 0 Å². The van der Waals surface area contributed by atoms with Gasteiger partial charge < -0.3 is 4.74 Å². The summed E-state index contributed by atoms with van der Waals surface area (Å²) in [4.78, 5) is 0.357. The summed E-state index contributed by atoms with van der Waals surface area (Å²) in [7, 11) is 0. The van der Waals surface area contributed by atoms with Gasteiger partial charge in [0.2, 0.25) is 0 Å². The molecule has 0 bridgehead atoms. The van der Waals surface area contributed by atoms with Crippen molar-refractivity contribution in [2.75, 3.05) is 6.61 Å². The SMILES string of the molecule is C#CCOC1(c2ccccc2)CCCC1Br. The van der Waals surface area contributed by atoms with Crippen molar-refractivity contribution in [1.29, 1.82) is 0 Å². The summed E-state index contributed by atoms with van der Waals surface area (Å²) in [5.74, 6) is 2.57. The summed E-state index contributed by atoms with van der Waals surface area (Å²) < 4.78 is 5.96. The number of halogens is 1. The molecule has 0 spiro atoms. The first kappa shape index (κ1) is 11.7. The number of terminal acetylenes is 1. The van der Waals surface area contributed by atoms with E-state index < -0.39 is 0 Å². The average Bonchev–Trinajstić information content (AvgIpc) is 2.70. The number of alkyl halides is 1. The van der Waals surface area contributed by atoms with Crippen molar-refractivity contribution in [3.8, 4) is 12.3 Å². The Morgan fingerprint density at radius 1 is 1.44 bits per heavy atom. The molecule has 16 heavy (non-hydrogen) atoms. The molecule has 2 heteroatoms. The Kier molecular flexibility index (Phi) is 3.68. The minimum Gasteiger partial charge on any atom is -0.356 e. The standard InChI is InChI=1S/C14H15BrO/c1-2-11-16-14(10-6-9-13(14)15)12-7-4-3-5-8-12/h1,3-5,7-8,13H,6,9-11H2. The summed E-state index contributed by atoms with van der Waals surface area (Å²) in [6.45, 7) is 0.372. The molecule has 1 aromatic carbocycles. The van der Waals surface area contributed by atoms with E-state index in [1.54, 1.807) is 0 Å². The molecule has 84 valence electrons. The van der Waals surface area contributed by atoms with Gasteiger partial charge in [0.15, 0.2) is 0 Å². The molecule has 1 aliphatic carbocycles. The molecule has 2 unspecified atom stereocenters. The lowest BCUT2D eigenvalue weighted by molar-refractivity contribution is -0.0221. The van der Waals surface area contributed by atoms with Gasteiger partial charge in [-0.3, -0.25) is 0 Å². The fraction of sp³-hybridized carbons (Fsp3) is 0.429. The molecule has 1 nitrogen and oxygen atoms in total. The lowest BCUT2D eigenvalue weighted by Crippen LogP contribution is -2.34. The van der Waals surface area contributed by atoms with Crippen molar-refractivity contribution >= 4 is 15.9 Å². The van der Waals surface area contributed by atoms with Crippen LogP contribution in [0.5, 0.6) is 0 Å². The molecule has 1 saturated carbocycles. The van der Waals surface area contributed by atoms with Crippen molar-refractivity contribution in [1.82, 2.24) is 0 Å². The van der Waals surface area contributed by atoms with Crippen LogP contribution in [-0.4, -0.2) is 11.4 Å². The maximum absolute atomic E-state index is 5.96. The zero-order chi connectivity index (χ0) is 11.4. The van der Waals surface area contributed by atoms with E-state index in [0.29, 0.717) is 11.4 Å². The number of rotatable bonds is 3. The van der Waals surface area contributed by atoms with Crippen LogP contribution in [0.4, 0.5) is 0 Å². The van der Waals surface area contributed by atoms with Crippen LogP contribution in [0.1, 0.15) is 24.8 Å². The molecule has 2 rings (SSSR count). The van der Waals surface area contributed by atoms with E-state index in [1.165, 1.54) is 12.0 Å². The Hall–Kier alpha value is -0.780. The van der Waals surface area contributed by atoms with E-state index in [-0.39, 0.29) is 5.60 Å². The Morgan fingerprint density at radius 3 is 2.75 bits per heavy atom. The second-order valence-electron chi connectivity index (χ2n) is 4.11. The third-order valence-electron chi connectivity index (χ3n) is 3.19. The van der Waals surface area contributed by atoms with Gasteiger partial charge >= 0.3 is 0 Å². The number of benzene rings is 1. The van der Waals surface area contributed by atoms with Gasteiger partial charge in [-0.2, -0.15) is 0 Å². The molecule has 0 aromatic heterocycles. The lowest BCUT2D eigenvalue weighted by atomic mass is 9.92. The summed E-state index contributed by atoms with van der Waals surface area (Å²) in [6, 6.07) is 10.4. The van der Waals surface area contributed by atoms with Crippen molar-refractivity contribution in [2.24, 2.45) is 0 Å². The average molecular weight is 279 g/mol. The molecule has 0 saturated heterocycles. The monoisotopic (exact) mass is 278 g/mol. The Morgan fingerprint density at radius 2 is 2.19 bits per heavy atom. The van der Waals surface area contributed by atoms with Crippen LogP contribution in [0.15, 0.2) is 30.3 Å². The molecule has 0 radical (unpaired) electrons. The van der Waals surface area contributed by atoms with Crippen molar-refractivity contribution in [2.45, 2.75) is 29.7 Å². The topological polar surface area (TPSA) is 9.23 Å². The molecular formula is C14H15BrO. The third-order valence-corrected chi connectivity index (χ3v) is 4.38. The predicted molar refractivity (Wildman–Crippen MR) is 69.5 cm³/mol. The van der Waals surface area contributed by atoms with Gasteiger partial charge in [-0.25, -0.2) is 0 Å². The van der Waals surface area contributed by atoms with E-state index in [1.807, 2.05) is 18.2 Å². The van der Waals surface area contributed by atoms with Gasteiger partial charge in [-0.05, 0) is 24.8 Å². The van der Waals surface area contributed by atoms with Crippen LogP contribution in [-0.2, 0) is 10.3 Å². The van der Waals surface area contributed by atoms with Gasteiger partial charge in [-0.1, -0.05) is 52.2 Å². The highest BCUT2D eigenvalue weighted by Crippen LogP contribution is 2.46. The van der Waals surface area contributed by atoms with Crippen molar-refractivity contribution in [3.05, 3.63) is 35.9 Å². The molecular weight excluding hydrogens is 264 g/mol. The molecule has 1 aromatic rings. The van der Waals surface area contributed by atoms with E-state index in [0.717, 1.165) is 12.8 Å². The highest BCUT2D eigenvalue weighted by molar-refractivity contribution is 9.09. The maximum atomic E-state index is 5.96. The molecule has 0 heterocycles. The largest absolute Gasteiger partial charge is 0.356 e. The van der Waals surface area contributed by atoms with Gasteiger partial charge in [0.05, 0.1) is 0 Å². The molecule has 1 fully saturated rings. The zero-order valence-electron chi connectivity index (χ0n) is 9.16. The van der Waals surface area contributed by atoms with Gasteiger partial charge in [0.1, 0.15) is 12.2 Å². The van der Waals surface area contributed by atoms with Crippen LogP contribution in [0, 0.1) is 12.3 Å². The number of hydrogen-bond donors (Lipinski definition) is 0. The van der Waals surface area contributed by atoms with Gasteiger partial charge in [-0.15, -0.1) is 6.42 Å². The Labute approximate surface area is 105 Å². The normalized spacial score (nSPS) is 28.9. The van der Waals surface area contributed by atoms with Crippen LogP contribution in [0.2, 0.25) is 0 Å². The molecule has 0 amide bonds. The van der Waals surface area contributed by atoms with Gasteiger partial charge in [0.25, 0.3) is 0 Å². The fourth-order valence-electron chi connectivity index (χ4n) is 2.40. The minimum atomic E-state index is -0.229. The summed E-state index contributed by atoms with van der Waals surface area (Å²) in [5, 5.41) is 0. The second-order valence-corrected chi connectivity index (χ2v) is 5.21. The highest BCUT2D eigenvalue weighted by atomic mass is 79.9. The van der Waals surface area contributed by atoms with Crippen LogP contribution >= 0.6 is 15.9 Å². The molecule has 1 aliphatic rings. The van der Waals surface area contributed by atoms with Gasteiger partial charge in [0, 0.05) is 4.83 Å². The first-order valence-electron chi connectivity index (χ1n) is 5.56. The maximum Gasteiger partial charge on any atom is 0.108 e. The van der Waals surface area contributed by atoms with Crippen LogP contribution < -0.4 is 0 Å². The Bertz CT molecular complexity index is 381. The van der Waals surface area contributed by atoms with Crippen molar-refractivity contribution in [3.63, 3.8) is 0 Å². The number of ether oxygens (including phenoxy) is 1. The third kappa shape index (κ3) is 2.03. The second kappa shape index (κ2) is 5.03. The summed E-state index contributed by atoms with van der Waals surface area (Å²) in [6.07, 6.45) is 8.65. The molecule has 0 N–H and O–H groups in total. The number of hydrogen-bond acceptors (Lipinski definition) is 1. The smallest absolute Gasteiger partial charge is 0.108 e. The van der Waals surface area contributed by atoms with Crippen LogP contribution in [0.3, 0.4) is 0 Å². The fourth-order valence-corrected chi connectivity index (χ4v) is 3.34. The predicted octanol–water partition coefficient (Wildman–Crippen LogP) is 3.48. The lowest BCUT2D eigenvalue weighted by Gasteiger charge is -2.32. The first-order valence-corrected chi connectivity index (χ1v) is 6.48. The zero-order valence-corrected chi connectivity index (χ0v) is 10.7. The molecule has 0 aliphatic heterocycles. The van der Waals surface area contributed by atoms with E-state index >= 15 is 0 Å². The minimum absolute atomic E-state index is 0.229. The van der Waals surface area contributed by atoms with Crippen LogP contribution in [0.25, 0.3) is 0 Å². The summed E-state index contributed by atoms with van der Waals surface area (Å²) in [5.41, 5.74) is 0.998. The first-order chi connectivity index (χ1) is 7.79. The molecule has 2 atom stereocenters. The van der Waals surface area contributed by atoms with E-state index in [2.05, 4.69) is 34.0 Å². The quantitative estimate of drug-likeness (QED) is 0.608. The highest BCUT2D eigenvalue weighted by Gasteiger charge is 2.43.